The van der Waals surface area contributed by atoms with Gasteiger partial charge in [0.1, 0.15) is 17.7 Å². The minimum atomic E-state index is -0.798. The van der Waals surface area contributed by atoms with Crippen LogP contribution in [0.1, 0.15) is 17.5 Å². The number of aromatic nitrogens is 2. The van der Waals surface area contributed by atoms with Gasteiger partial charge in [0, 0.05) is 25.9 Å². The molecule has 0 aliphatic carbocycles. The highest BCUT2D eigenvalue weighted by atomic mass is 19.1. The molecule has 3 rings (SSSR count). The largest absolute Gasteiger partial charge is 0.404 e. The molecule has 1 aliphatic heterocycles. The van der Waals surface area contributed by atoms with Gasteiger partial charge in [-0.2, -0.15) is 5.10 Å². The first-order chi connectivity index (χ1) is 11.9. The van der Waals surface area contributed by atoms with E-state index in [-0.39, 0.29) is 11.3 Å². The number of benzene rings is 1. The molecule has 8 heteroatoms. The molecule has 2 N–H and O–H groups in total. The number of hydrogen-bond acceptors (Lipinski definition) is 4. The Balaban J connectivity index is 1.68. The van der Waals surface area contributed by atoms with Crippen LogP contribution < -0.4 is 5.73 Å². The van der Waals surface area contributed by atoms with Gasteiger partial charge >= 0.3 is 0 Å². The highest BCUT2D eigenvalue weighted by Crippen LogP contribution is 2.29. The quantitative estimate of drug-likeness (QED) is 0.864. The zero-order valence-electron chi connectivity index (χ0n) is 13.7. The van der Waals surface area contributed by atoms with Gasteiger partial charge in [-0.1, -0.05) is 0 Å². The molecule has 0 fully saturated rings. The van der Waals surface area contributed by atoms with Gasteiger partial charge in [-0.3, -0.25) is 9.48 Å². The summed E-state index contributed by atoms with van der Waals surface area (Å²) >= 11 is 0. The van der Waals surface area contributed by atoms with Crippen molar-refractivity contribution in [1.29, 1.82) is 0 Å². The minimum absolute atomic E-state index is 0.0856. The van der Waals surface area contributed by atoms with Crippen LogP contribution in [0.5, 0.6) is 0 Å². The van der Waals surface area contributed by atoms with E-state index in [9.17, 15) is 13.6 Å². The lowest BCUT2D eigenvalue weighted by atomic mass is 10.1. The third kappa shape index (κ3) is 3.85. The van der Waals surface area contributed by atoms with Gasteiger partial charge in [-0.05, 0) is 36.6 Å². The number of hydroxylamine groups is 2. The Morgan fingerprint density at radius 1 is 1.40 bits per heavy atom. The second kappa shape index (κ2) is 7.02. The van der Waals surface area contributed by atoms with Crippen LogP contribution >= 0.6 is 0 Å². The van der Waals surface area contributed by atoms with E-state index in [4.69, 9.17) is 10.6 Å². The first kappa shape index (κ1) is 17.1. The van der Waals surface area contributed by atoms with Crippen LogP contribution in [0.15, 0.2) is 36.7 Å². The Labute approximate surface area is 143 Å². The van der Waals surface area contributed by atoms with Crippen molar-refractivity contribution >= 4 is 11.7 Å². The van der Waals surface area contributed by atoms with Crippen LogP contribution in [-0.2, 0) is 23.1 Å². The summed E-state index contributed by atoms with van der Waals surface area (Å²) in [6.07, 6.45) is 6.58. The van der Waals surface area contributed by atoms with E-state index in [1.54, 1.807) is 10.9 Å². The molecule has 0 spiro atoms. The second-order valence-electron chi connectivity index (χ2n) is 5.86. The van der Waals surface area contributed by atoms with Crippen molar-refractivity contribution in [1.82, 2.24) is 14.8 Å². The SMILES string of the molecule is Cn1cc(CCCN2OC(c3ccc(F)cc3F)=CC2C(N)=O)cn1. The number of aryl methyl sites for hydroxylation is 2. The molecule has 25 heavy (non-hydrogen) atoms. The smallest absolute Gasteiger partial charge is 0.242 e. The third-order valence-electron chi connectivity index (χ3n) is 3.93. The minimum Gasteiger partial charge on any atom is -0.404 e. The molecule has 2 heterocycles. The van der Waals surface area contributed by atoms with Crippen LogP contribution in [0, 0.1) is 11.6 Å². The maximum Gasteiger partial charge on any atom is 0.242 e. The van der Waals surface area contributed by atoms with Crippen molar-refractivity contribution < 1.29 is 18.4 Å². The van der Waals surface area contributed by atoms with E-state index in [2.05, 4.69) is 5.10 Å². The Morgan fingerprint density at radius 3 is 2.84 bits per heavy atom. The summed E-state index contributed by atoms with van der Waals surface area (Å²) in [5, 5.41) is 5.51. The Hall–Kier alpha value is -2.74. The number of carbonyl (C=O) groups is 1. The molecule has 1 aromatic heterocycles. The lowest BCUT2D eigenvalue weighted by molar-refractivity contribution is -0.137. The lowest BCUT2D eigenvalue weighted by Gasteiger charge is -2.21. The van der Waals surface area contributed by atoms with Gasteiger partial charge in [0.15, 0.2) is 5.76 Å². The first-order valence-corrected chi connectivity index (χ1v) is 7.83. The molecular formula is C17H18F2N4O2. The summed E-state index contributed by atoms with van der Waals surface area (Å²) in [7, 11) is 1.84. The van der Waals surface area contributed by atoms with Crippen LogP contribution in [0.2, 0.25) is 0 Å². The summed E-state index contributed by atoms with van der Waals surface area (Å²) in [5.74, 6) is -1.88. The fourth-order valence-electron chi connectivity index (χ4n) is 2.72. The molecule has 2 aromatic rings. The maximum absolute atomic E-state index is 13.9. The number of primary amides is 1. The fraction of sp³-hybridized carbons (Fsp3) is 0.294. The highest BCUT2D eigenvalue weighted by Gasteiger charge is 2.32. The summed E-state index contributed by atoms with van der Waals surface area (Å²) in [4.78, 5) is 17.2. The molecule has 1 atom stereocenters. The molecule has 0 bridgehead atoms. The topological polar surface area (TPSA) is 73.4 Å². The first-order valence-electron chi connectivity index (χ1n) is 7.83. The third-order valence-corrected chi connectivity index (χ3v) is 3.93. The summed E-state index contributed by atoms with van der Waals surface area (Å²) in [5.41, 5.74) is 6.55. The van der Waals surface area contributed by atoms with E-state index in [0.29, 0.717) is 13.0 Å². The summed E-state index contributed by atoms with van der Waals surface area (Å²) in [6.45, 7) is 0.422. The fourth-order valence-corrected chi connectivity index (χ4v) is 2.72. The molecule has 6 nitrogen and oxygen atoms in total. The number of hydrogen-bond donors (Lipinski definition) is 1. The number of halogens is 2. The van der Waals surface area contributed by atoms with Crippen LogP contribution in [0.3, 0.4) is 0 Å². The average Bonchev–Trinajstić information content (AvgIpc) is 3.14. The molecule has 1 unspecified atom stereocenters. The molecule has 132 valence electrons. The van der Waals surface area contributed by atoms with Crippen LogP contribution in [-0.4, -0.2) is 33.3 Å². The molecule has 1 aromatic carbocycles. The van der Waals surface area contributed by atoms with E-state index in [1.807, 2.05) is 13.2 Å². The van der Waals surface area contributed by atoms with Gasteiger partial charge in [-0.15, -0.1) is 5.06 Å². The van der Waals surface area contributed by atoms with E-state index in [0.717, 1.165) is 24.1 Å². The molecule has 0 radical (unpaired) electrons. The van der Waals surface area contributed by atoms with E-state index in [1.165, 1.54) is 17.2 Å². The van der Waals surface area contributed by atoms with Crippen molar-refractivity contribution in [3.8, 4) is 0 Å². The van der Waals surface area contributed by atoms with E-state index < -0.39 is 23.6 Å². The normalized spacial score (nSPS) is 17.4. The molecule has 1 aliphatic rings. The Morgan fingerprint density at radius 2 is 2.20 bits per heavy atom. The number of amides is 1. The summed E-state index contributed by atoms with van der Waals surface area (Å²) in [6, 6.07) is 2.37. The number of rotatable bonds is 6. The standard InChI is InChI=1S/C17H18F2N4O2/c1-22-10-11(9-21-22)3-2-6-23-15(17(20)24)8-16(25-23)13-5-4-12(18)7-14(13)19/h4-5,7-10,15H,2-3,6H2,1H3,(H2,20,24). The summed E-state index contributed by atoms with van der Waals surface area (Å²) < 4.78 is 28.7. The van der Waals surface area contributed by atoms with Crippen molar-refractivity contribution in [2.75, 3.05) is 6.54 Å². The Bertz CT molecular complexity index is 819. The van der Waals surface area contributed by atoms with Crippen molar-refractivity contribution in [2.24, 2.45) is 12.8 Å². The predicted molar refractivity (Wildman–Crippen MR) is 86.6 cm³/mol. The van der Waals surface area contributed by atoms with Crippen molar-refractivity contribution in [3.63, 3.8) is 0 Å². The van der Waals surface area contributed by atoms with Gasteiger partial charge in [0.05, 0.1) is 11.8 Å². The highest BCUT2D eigenvalue weighted by molar-refractivity contribution is 5.85. The molecule has 0 saturated heterocycles. The predicted octanol–water partition coefficient (Wildman–Crippen LogP) is 1.77. The zero-order chi connectivity index (χ0) is 18.0. The average molecular weight is 348 g/mol. The van der Waals surface area contributed by atoms with Crippen molar-refractivity contribution in [2.45, 2.75) is 18.9 Å². The van der Waals surface area contributed by atoms with Gasteiger partial charge < -0.3 is 10.6 Å². The lowest BCUT2D eigenvalue weighted by Crippen LogP contribution is -2.40. The molecule has 0 saturated carbocycles. The zero-order valence-corrected chi connectivity index (χ0v) is 13.7. The maximum atomic E-state index is 13.9. The monoisotopic (exact) mass is 348 g/mol. The van der Waals surface area contributed by atoms with Crippen molar-refractivity contribution in [3.05, 3.63) is 59.4 Å². The second-order valence-corrected chi connectivity index (χ2v) is 5.86. The van der Waals surface area contributed by atoms with E-state index >= 15 is 0 Å². The Kier molecular flexibility index (Phi) is 4.80. The van der Waals surface area contributed by atoms with Gasteiger partial charge in [-0.25, -0.2) is 8.78 Å². The van der Waals surface area contributed by atoms with Crippen LogP contribution in [0.4, 0.5) is 8.78 Å². The van der Waals surface area contributed by atoms with Gasteiger partial charge in [0.2, 0.25) is 5.91 Å². The number of carbonyl (C=O) groups excluding carboxylic acids is 1. The molecular weight excluding hydrogens is 330 g/mol. The number of nitrogens with two attached hydrogens (primary N) is 1. The van der Waals surface area contributed by atoms with Gasteiger partial charge in [0.25, 0.3) is 0 Å². The number of nitrogens with zero attached hydrogens (tertiary/aromatic N) is 3. The van der Waals surface area contributed by atoms with Crippen LogP contribution in [0.25, 0.3) is 5.76 Å². The molecule has 1 amide bonds.